The highest BCUT2D eigenvalue weighted by atomic mass is 79.9. The Morgan fingerprint density at radius 2 is 2.10 bits per heavy atom. The Kier molecular flexibility index (Phi) is 3.84. The predicted octanol–water partition coefficient (Wildman–Crippen LogP) is 3.94. The summed E-state index contributed by atoms with van der Waals surface area (Å²) >= 11 is 8.72. The zero-order valence-corrected chi connectivity index (χ0v) is 12.9. The first-order chi connectivity index (χ1) is 9.74. The minimum Gasteiger partial charge on any atom is -0.492 e. The molecule has 4 nitrogen and oxygen atoms in total. The van der Waals surface area contributed by atoms with Gasteiger partial charge in [-0.2, -0.15) is 0 Å². The molecular formula is C14H12BrN3OS. The number of benzene rings is 1. The maximum absolute atomic E-state index is 5.69. The van der Waals surface area contributed by atoms with Crippen LogP contribution in [0.5, 0.6) is 5.75 Å². The van der Waals surface area contributed by atoms with Crippen molar-refractivity contribution in [2.45, 2.75) is 6.54 Å². The van der Waals surface area contributed by atoms with Gasteiger partial charge in [0.2, 0.25) is 0 Å². The average molecular weight is 350 g/mol. The molecule has 3 rings (SSSR count). The second kappa shape index (κ2) is 5.76. The van der Waals surface area contributed by atoms with Crippen molar-refractivity contribution in [2.24, 2.45) is 0 Å². The molecule has 0 radical (unpaired) electrons. The van der Waals surface area contributed by atoms with Gasteiger partial charge in [0.05, 0.1) is 12.1 Å². The van der Waals surface area contributed by atoms with E-state index in [0.29, 0.717) is 17.9 Å². The summed E-state index contributed by atoms with van der Waals surface area (Å²) in [6, 6.07) is 11.7. The molecule has 0 unspecified atom stereocenters. The number of fused-ring (bicyclic) bond motifs is 1. The lowest BCUT2D eigenvalue weighted by atomic mass is 10.3. The van der Waals surface area contributed by atoms with E-state index >= 15 is 0 Å². The van der Waals surface area contributed by atoms with E-state index < -0.39 is 0 Å². The number of aromatic amines is 1. The molecule has 0 aliphatic carbocycles. The summed E-state index contributed by atoms with van der Waals surface area (Å²) in [7, 11) is 0. The Hall–Kier alpha value is -1.66. The molecule has 20 heavy (non-hydrogen) atoms. The highest BCUT2D eigenvalue weighted by Crippen LogP contribution is 2.17. The molecule has 0 saturated heterocycles. The molecule has 3 aromatic rings. The van der Waals surface area contributed by atoms with Crippen LogP contribution >= 0.6 is 28.1 Å². The normalized spacial score (nSPS) is 10.8. The van der Waals surface area contributed by atoms with Gasteiger partial charge in [-0.25, -0.2) is 4.98 Å². The summed E-state index contributed by atoms with van der Waals surface area (Å²) in [5.74, 6) is 0.856. The molecular weight excluding hydrogens is 338 g/mol. The van der Waals surface area contributed by atoms with Gasteiger partial charge in [-0.1, -0.05) is 18.2 Å². The van der Waals surface area contributed by atoms with Crippen LogP contribution in [-0.2, 0) is 6.54 Å². The SMILES string of the molecule is S=c1[nH]c2cc(Br)cnc2n1CCOc1ccccc1. The molecule has 0 spiro atoms. The van der Waals surface area contributed by atoms with Crippen molar-refractivity contribution in [1.82, 2.24) is 14.5 Å². The Morgan fingerprint density at radius 3 is 2.90 bits per heavy atom. The third-order valence-electron chi connectivity index (χ3n) is 2.90. The molecule has 0 amide bonds. The van der Waals surface area contributed by atoms with E-state index in [2.05, 4.69) is 25.9 Å². The van der Waals surface area contributed by atoms with Gasteiger partial charge in [0.1, 0.15) is 12.4 Å². The Morgan fingerprint density at radius 1 is 1.30 bits per heavy atom. The van der Waals surface area contributed by atoms with Crippen LogP contribution in [0.2, 0.25) is 0 Å². The molecule has 0 aliphatic heterocycles. The van der Waals surface area contributed by atoms with Crippen LogP contribution in [0, 0.1) is 4.77 Å². The molecule has 0 saturated carbocycles. The number of pyridine rings is 1. The highest BCUT2D eigenvalue weighted by Gasteiger charge is 2.06. The number of H-pyrrole nitrogens is 1. The Bertz CT molecular complexity index is 782. The number of nitrogens with zero attached hydrogens (tertiary/aromatic N) is 2. The first-order valence-electron chi connectivity index (χ1n) is 6.16. The number of para-hydroxylation sites is 1. The van der Waals surface area contributed by atoms with Gasteiger partial charge >= 0.3 is 0 Å². The van der Waals surface area contributed by atoms with Crippen LogP contribution < -0.4 is 4.74 Å². The van der Waals surface area contributed by atoms with Crippen molar-refractivity contribution in [3.8, 4) is 5.75 Å². The first kappa shape index (κ1) is 13.3. The van der Waals surface area contributed by atoms with Crippen LogP contribution in [0.4, 0.5) is 0 Å². The van der Waals surface area contributed by atoms with Crippen molar-refractivity contribution in [1.29, 1.82) is 0 Å². The van der Waals surface area contributed by atoms with E-state index in [1.165, 1.54) is 0 Å². The predicted molar refractivity (Wildman–Crippen MR) is 84.6 cm³/mol. The molecule has 1 aromatic carbocycles. The van der Waals surface area contributed by atoms with Gasteiger partial charge in [0.15, 0.2) is 10.4 Å². The van der Waals surface area contributed by atoms with Gasteiger partial charge in [0, 0.05) is 10.7 Å². The molecule has 0 fully saturated rings. The summed E-state index contributed by atoms with van der Waals surface area (Å²) < 4.78 is 9.21. The molecule has 2 heterocycles. The topological polar surface area (TPSA) is 42.8 Å². The molecule has 2 aromatic heterocycles. The van der Waals surface area contributed by atoms with E-state index in [1.54, 1.807) is 6.20 Å². The van der Waals surface area contributed by atoms with Crippen LogP contribution in [0.15, 0.2) is 47.1 Å². The summed E-state index contributed by atoms with van der Waals surface area (Å²) in [5, 5.41) is 0. The third-order valence-corrected chi connectivity index (χ3v) is 3.66. The minimum atomic E-state index is 0.545. The van der Waals surface area contributed by atoms with Crippen molar-refractivity contribution >= 4 is 39.3 Å². The van der Waals surface area contributed by atoms with Crippen molar-refractivity contribution in [3.05, 3.63) is 51.8 Å². The second-order valence-electron chi connectivity index (χ2n) is 4.27. The largest absolute Gasteiger partial charge is 0.492 e. The lowest BCUT2D eigenvalue weighted by Gasteiger charge is -2.07. The number of halogens is 1. The van der Waals surface area contributed by atoms with Gasteiger partial charge in [-0.3, -0.25) is 4.57 Å². The van der Waals surface area contributed by atoms with E-state index in [1.807, 2.05) is 41.0 Å². The zero-order chi connectivity index (χ0) is 13.9. The minimum absolute atomic E-state index is 0.545. The fourth-order valence-electron chi connectivity index (χ4n) is 2.00. The highest BCUT2D eigenvalue weighted by molar-refractivity contribution is 9.10. The zero-order valence-electron chi connectivity index (χ0n) is 10.5. The van der Waals surface area contributed by atoms with Gasteiger partial charge in [0.25, 0.3) is 0 Å². The van der Waals surface area contributed by atoms with Crippen LogP contribution in [0.25, 0.3) is 11.2 Å². The second-order valence-corrected chi connectivity index (χ2v) is 5.57. The van der Waals surface area contributed by atoms with Crippen molar-refractivity contribution in [3.63, 3.8) is 0 Å². The fourth-order valence-corrected chi connectivity index (χ4v) is 2.62. The average Bonchev–Trinajstić information content (AvgIpc) is 2.75. The number of aromatic nitrogens is 3. The molecule has 0 atom stereocenters. The van der Waals surface area contributed by atoms with Crippen molar-refractivity contribution < 1.29 is 4.74 Å². The van der Waals surface area contributed by atoms with E-state index in [9.17, 15) is 0 Å². The van der Waals surface area contributed by atoms with E-state index in [4.69, 9.17) is 17.0 Å². The monoisotopic (exact) mass is 349 g/mol. The summed E-state index contributed by atoms with van der Waals surface area (Å²) in [4.78, 5) is 7.54. The van der Waals surface area contributed by atoms with Gasteiger partial charge < -0.3 is 9.72 Å². The first-order valence-corrected chi connectivity index (χ1v) is 7.36. The third kappa shape index (κ3) is 2.76. The lowest BCUT2D eigenvalue weighted by Crippen LogP contribution is -2.08. The number of imidazole rings is 1. The van der Waals surface area contributed by atoms with Crippen LogP contribution in [-0.4, -0.2) is 21.1 Å². The number of hydrogen-bond donors (Lipinski definition) is 1. The van der Waals surface area contributed by atoms with E-state index in [-0.39, 0.29) is 0 Å². The summed E-state index contributed by atoms with van der Waals surface area (Å²) in [5.41, 5.74) is 1.76. The van der Waals surface area contributed by atoms with Gasteiger partial charge in [-0.05, 0) is 46.3 Å². The quantitative estimate of drug-likeness (QED) is 0.725. The number of nitrogens with one attached hydrogen (secondary N) is 1. The number of hydrogen-bond acceptors (Lipinski definition) is 3. The van der Waals surface area contributed by atoms with Crippen LogP contribution in [0.3, 0.4) is 0 Å². The Balaban J connectivity index is 1.78. The molecule has 0 aliphatic rings. The maximum atomic E-state index is 5.69. The van der Waals surface area contributed by atoms with Crippen molar-refractivity contribution in [2.75, 3.05) is 6.61 Å². The van der Waals surface area contributed by atoms with E-state index in [0.717, 1.165) is 21.4 Å². The number of rotatable bonds is 4. The fraction of sp³-hybridized carbons (Fsp3) is 0.143. The Labute approximate surface area is 129 Å². The smallest absolute Gasteiger partial charge is 0.179 e. The lowest BCUT2D eigenvalue weighted by molar-refractivity contribution is 0.299. The summed E-state index contributed by atoms with van der Waals surface area (Å²) in [6.07, 6.45) is 1.76. The molecule has 102 valence electrons. The summed E-state index contributed by atoms with van der Waals surface area (Å²) in [6.45, 7) is 1.20. The molecule has 1 N–H and O–H groups in total. The molecule has 0 bridgehead atoms. The standard InChI is InChI=1S/C14H12BrN3OS/c15-10-8-12-13(16-9-10)18(14(20)17-12)6-7-19-11-4-2-1-3-5-11/h1-5,8-9H,6-7H2,(H,17,20). The maximum Gasteiger partial charge on any atom is 0.179 e. The molecule has 6 heteroatoms. The van der Waals surface area contributed by atoms with Gasteiger partial charge in [-0.15, -0.1) is 0 Å². The number of ether oxygens (including phenoxy) is 1. The van der Waals surface area contributed by atoms with Crippen LogP contribution in [0.1, 0.15) is 0 Å².